The van der Waals surface area contributed by atoms with Gasteiger partial charge in [-0.15, -0.1) is 11.8 Å². The number of benzene rings is 1. The first-order valence-corrected chi connectivity index (χ1v) is 9.26. The van der Waals surface area contributed by atoms with Crippen LogP contribution in [0.4, 0.5) is 5.69 Å². The van der Waals surface area contributed by atoms with E-state index in [1.54, 1.807) is 11.8 Å². The van der Waals surface area contributed by atoms with E-state index in [1.165, 1.54) is 4.90 Å². The maximum atomic E-state index is 4.82. The average molecular weight is 365 g/mol. The fourth-order valence-corrected chi connectivity index (χ4v) is 3.20. The van der Waals surface area contributed by atoms with Gasteiger partial charge in [0.2, 0.25) is 5.96 Å². The average Bonchev–Trinajstić information content (AvgIpc) is 2.51. The minimum atomic E-state index is 0.766. The minimum Gasteiger partial charge on any atom is -0.349 e. The highest BCUT2D eigenvalue weighted by Crippen LogP contribution is 2.29. The van der Waals surface area contributed by atoms with Crippen molar-refractivity contribution >= 4 is 29.4 Å². The highest BCUT2D eigenvalue weighted by atomic mass is 32.2. The third-order valence-electron chi connectivity index (χ3n) is 3.29. The maximum Gasteiger partial charge on any atom is 0.200 e. The van der Waals surface area contributed by atoms with E-state index in [0.717, 1.165) is 29.9 Å². The molecule has 0 aliphatic heterocycles. The lowest BCUT2D eigenvalue weighted by molar-refractivity contribution is 0.480. The fraction of sp³-hybridized carbons (Fsp3) is 0.556. The van der Waals surface area contributed by atoms with E-state index in [9.17, 15) is 0 Å². The summed E-state index contributed by atoms with van der Waals surface area (Å²) in [7, 11) is 16.1. The Morgan fingerprint density at radius 3 is 1.84 bits per heavy atom. The molecule has 0 fully saturated rings. The van der Waals surface area contributed by atoms with E-state index >= 15 is 0 Å². The summed E-state index contributed by atoms with van der Waals surface area (Å²) in [5.74, 6) is 2.82. The van der Waals surface area contributed by atoms with Crippen molar-refractivity contribution in [2.24, 2.45) is 9.98 Å². The van der Waals surface area contributed by atoms with Crippen molar-refractivity contribution in [1.29, 1.82) is 0 Å². The highest BCUT2D eigenvalue weighted by Gasteiger charge is 2.08. The molecule has 0 aliphatic carbocycles. The molecule has 0 spiro atoms. The first-order valence-electron chi connectivity index (χ1n) is 8.28. The van der Waals surface area contributed by atoms with Crippen LogP contribution in [0.5, 0.6) is 0 Å². The Bertz CT molecular complexity index is 573. The van der Waals surface area contributed by atoms with Gasteiger partial charge in [0.25, 0.3) is 0 Å². The molecular formula is C18H32N6S. The molecule has 0 saturated carbocycles. The molecule has 0 N–H and O–H groups in total. The second-order valence-corrected chi connectivity index (χ2v) is 7.62. The number of nitrogens with zero attached hydrogens (tertiary/aromatic N) is 6. The van der Waals surface area contributed by atoms with Crippen LogP contribution in [0, 0.1) is 0 Å². The number of aliphatic imine (C=N–C) groups is 2. The first-order chi connectivity index (χ1) is 11.7. The van der Waals surface area contributed by atoms with Gasteiger partial charge in [0.05, 0.1) is 12.2 Å². The molecule has 0 aliphatic rings. The van der Waals surface area contributed by atoms with E-state index in [0.29, 0.717) is 0 Å². The van der Waals surface area contributed by atoms with Crippen molar-refractivity contribution in [2.45, 2.75) is 4.90 Å². The van der Waals surface area contributed by atoms with E-state index in [1.807, 2.05) is 82.0 Å². The molecule has 0 bridgehead atoms. The highest BCUT2D eigenvalue weighted by molar-refractivity contribution is 7.99. The molecule has 1 aromatic rings. The standard InChI is InChI=1S/C18H32N6S/c1-21(2)17(22(3)4)19-13-14-25-16-12-10-9-11-15(16)20-18(23(5)6)24(7)8/h9-12H,13-14H2,1-8H3. The normalized spacial score (nSPS) is 10.1. The predicted octanol–water partition coefficient (Wildman–Crippen LogP) is 2.37. The Morgan fingerprint density at radius 1 is 0.800 bits per heavy atom. The van der Waals surface area contributed by atoms with Gasteiger partial charge < -0.3 is 19.6 Å². The Hall–Kier alpha value is -1.89. The van der Waals surface area contributed by atoms with Crippen LogP contribution in [0.25, 0.3) is 0 Å². The molecule has 7 heteroatoms. The van der Waals surface area contributed by atoms with Gasteiger partial charge in [-0.25, -0.2) is 4.99 Å². The summed E-state index contributed by atoms with van der Waals surface area (Å²) in [5, 5.41) is 0. The Balaban J connectivity index is 2.85. The summed E-state index contributed by atoms with van der Waals surface area (Å²) >= 11 is 1.79. The molecule has 0 atom stereocenters. The number of thioether (sulfide) groups is 1. The zero-order valence-electron chi connectivity index (χ0n) is 16.8. The third-order valence-corrected chi connectivity index (χ3v) is 4.33. The van der Waals surface area contributed by atoms with Crippen LogP contribution >= 0.6 is 11.8 Å². The van der Waals surface area contributed by atoms with Crippen LogP contribution in [0.15, 0.2) is 39.1 Å². The van der Waals surface area contributed by atoms with E-state index < -0.39 is 0 Å². The van der Waals surface area contributed by atoms with Crippen molar-refractivity contribution < 1.29 is 0 Å². The van der Waals surface area contributed by atoms with Gasteiger partial charge in [-0.1, -0.05) is 12.1 Å². The Kier molecular flexibility index (Phi) is 8.61. The van der Waals surface area contributed by atoms with Crippen LogP contribution < -0.4 is 0 Å². The van der Waals surface area contributed by atoms with Gasteiger partial charge in [-0.05, 0) is 12.1 Å². The number of para-hydroxylation sites is 1. The molecular weight excluding hydrogens is 332 g/mol. The number of rotatable bonds is 5. The SMILES string of the molecule is CN(C)C(=NCCSc1ccccc1N=C(N(C)C)N(C)C)N(C)C. The summed E-state index contributed by atoms with van der Waals surface area (Å²) < 4.78 is 0. The van der Waals surface area contributed by atoms with Crippen LogP contribution in [-0.4, -0.2) is 100 Å². The topological polar surface area (TPSA) is 37.7 Å². The largest absolute Gasteiger partial charge is 0.349 e. The van der Waals surface area contributed by atoms with Crippen LogP contribution in [-0.2, 0) is 0 Å². The fourth-order valence-electron chi connectivity index (χ4n) is 2.36. The zero-order valence-corrected chi connectivity index (χ0v) is 17.6. The van der Waals surface area contributed by atoms with Gasteiger partial charge in [0.15, 0.2) is 5.96 Å². The lowest BCUT2D eigenvalue weighted by Gasteiger charge is -2.23. The minimum absolute atomic E-state index is 0.766. The van der Waals surface area contributed by atoms with Gasteiger partial charge >= 0.3 is 0 Å². The first kappa shape index (κ1) is 21.2. The summed E-state index contributed by atoms with van der Waals surface area (Å²) in [5.41, 5.74) is 0.995. The summed E-state index contributed by atoms with van der Waals surface area (Å²) in [6.07, 6.45) is 0. The van der Waals surface area contributed by atoms with Crippen molar-refractivity contribution in [1.82, 2.24) is 19.6 Å². The summed E-state index contributed by atoms with van der Waals surface area (Å²) in [6, 6.07) is 8.26. The molecule has 1 rings (SSSR count). The second-order valence-electron chi connectivity index (χ2n) is 6.49. The van der Waals surface area contributed by atoms with E-state index in [4.69, 9.17) is 4.99 Å². The molecule has 6 nitrogen and oxygen atoms in total. The Morgan fingerprint density at radius 2 is 1.32 bits per heavy atom. The van der Waals surface area contributed by atoms with Gasteiger partial charge in [-0.3, -0.25) is 4.99 Å². The van der Waals surface area contributed by atoms with Crippen molar-refractivity contribution in [3.8, 4) is 0 Å². The molecule has 0 unspecified atom stereocenters. The molecule has 0 amide bonds. The van der Waals surface area contributed by atoms with Crippen LogP contribution in [0.2, 0.25) is 0 Å². The van der Waals surface area contributed by atoms with Crippen molar-refractivity contribution in [2.75, 3.05) is 68.7 Å². The molecule has 0 aromatic heterocycles. The van der Waals surface area contributed by atoms with Crippen molar-refractivity contribution in [3.05, 3.63) is 24.3 Å². The van der Waals surface area contributed by atoms with Crippen LogP contribution in [0.3, 0.4) is 0 Å². The van der Waals surface area contributed by atoms with Crippen LogP contribution in [0.1, 0.15) is 0 Å². The van der Waals surface area contributed by atoms with Gasteiger partial charge in [0.1, 0.15) is 0 Å². The van der Waals surface area contributed by atoms with Crippen molar-refractivity contribution in [3.63, 3.8) is 0 Å². The predicted molar refractivity (Wildman–Crippen MR) is 111 cm³/mol. The number of hydrogen-bond acceptors (Lipinski definition) is 3. The summed E-state index contributed by atoms with van der Waals surface area (Å²) in [4.78, 5) is 18.8. The number of guanidine groups is 2. The lowest BCUT2D eigenvalue weighted by atomic mass is 10.3. The quantitative estimate of drug-likeness (QED) is 0.347. The monoisotopic (exact) mass is 364 g/mol. The van der Waals surface area contributed by atoms with Gasteiger partial charge in [0, 0.05) is 67.0 Å². The molecule has 25 heavy (non-hydrogen) atoms. The van der Waals surface area contributed by atoms with Gasteiger partial charge in [-0.2, -0.15) is 0 Å². The molecule has 140 valence electrons. The smallest absolute Gasteiger partial charge is 0.200 e. The molecule has 0 heterocycles. The molecule has 0 saturated heterocycles. The Labute approximate surface area is 157 Å². The molecule has 1 aromatic carbocycles. The maximum absolute atomic E-state index is 4.82. The van der Waals surface area contributed by atoms with E-state index in [2.05, 4.69) is 23.2 Å². The third kappa shape index (κ3) is 6.86. The lowest BCUT2D eigenvalue weighted by Crippen LogP contribution is -2.35. The summed E-state index contributed by atoms with van der Waals surface area (Å²) in [6.45, 7) is 0.766. The molecule has 0 radical (unpaired) electrons. The van der Waals surface area contributed by atoms with E-state index in [-0.39, 0.29) is 0 Å². The number of hydrogen-bond donors (Lipinski definition) is 0. The second kappa shape index (κ2) is 10.2. The zero-order chi connectivity index (χ0) is 19.0.